The van der Waals surface area contributed by atoms with Crippen molar-refractivity contribution >= 4 is 16.0 Å². The van der Waals surface area contributed by atoms with Crippen molar-refractivity contribution in [2.45, 2.75) is 64.0 Å². The van der Waals surface area contributed by atoms with E-state index in [-0.39, 0.29) is 36.7 Å². The standard InChI is InChI=1S/C28H34N4O7S/c1-18-9-10-20(11-21(18)13-31-12-19(2)39-24-7-5-6-8-25(24)40(31,35)36)26(28(3,4)27(33)34)38-15-22-14-32(30-29-22)23-16-37-17-23/h5-11,14,19,23,26H,12-13,15-17H2,1-4H3,(H,33,34)/t19-,26?/m1/s1. The summed E-state index contributed by atoms with van der Waals surface area (Å²) >= 11 is 0. The number of hydrogen-bond donors (Lipinski definition) is 1. The Kier molecular flexibility index (Phi) is 7.71. The molecule has 1 fully saturated rings. The molecule has 0 amide bonds. The summed E-state index contributed by atoms with van der Waals surface area (Å²) in [7, 11) is -3.83. The minimum Gasteiger partial charge on any atom is -0.488 e. The summed E-state index contributed by atoms with van der Waals surface area (Å²) in [6.07, 6.45) is 0.582. The molecule has 2 aliphatic rings. The van der Waals surface area contributed by atoms with Crippen molar-refractivity contribution in [3.63, 3.8) is 0 Å². The zero-order chi connectivity index (χ0) is 28.7. The Morgan fingerprint density at radius 2 is 1.98 bits per heavy atom. The molecule has 11 nitrogen and oxygen atoms in total. The van der Waals surface area contributed by atoms with Crippen LogP contribution in [0.1, 0.15) is 55.3 Å². The zero-order valence-electron chi connectivity index (χ0n) is 23.0. The van der Waals surface area contributed by atoms with E-state index in [2.05, 4.69) is 10.3 Å². The number of hydrogen-bond acceptors (Lipinski definition) is 8. The third-order valence-electron chi connectivity index (χ3n) is 7.44. The van der Waals surface area contributed by atoms with Crippen LogP contribution in [0.3, 0.4) is 0 Å². The Balaban J connectivity index is 1.43. The van der Waals surface area contributed by atoms with Crippen LogP contribution >= 0.6 is 0 Å². The van der Waals surface area contributed by atoms with Gasteiger partial charge in [0, 0.05) is 6.54 Å². The van der Waals surface area contributed by atoms with Gasteiger partial charge in [-0.05, 0) is 56.5 Å². The van der Waals surface area contributed by atoms with Crippen molar-refractivity contribution in [3.05, 3.63) is 71.0 Å². The smallest absolute Gasteiger partial charge is 0.312 e. The molecule has 3 aromatic rings. The van der Waals surface area contributed by atoms with Gasteiger partial charge in [-0.2, -0.15) is 4.31 Å². The minimum atomic E-state index is -3.83. The van der Waals surface area contributed by atoms with E-state index >= 15 is 0 Å². The van der Waals surface area contributed by atoms with Crippen molar-refractivity contribution in [1.82, 2.24) is 19.3 Å². The second-order valence-electron chi connectivity index (χ2n) is 11.0. The van der Waals surface area contributed by atoms with Gasteiger partial charge < -0.3 is 19.3 Å². The van der Waals surface area contributed by atoms with E-state index in [0.717, 1.165) is 11.1 Å². The molecule has 0 aliphatic carbocycles. The summed E-state index contributed by atoms with van der Waals surface area (Å²) in [6, 6.07) is 12.3. The molecular formula is C28H34N4O7S. The van der Waals surface area contributed by atoms with Crippen LogP contribution in [-0.2, 0) is 37.4 Å². The van der Waals surface area contributed by atoms with Gasteiger partial charge in [-0.3, -0.25) is 4.79 Å². The molecule has 0 bridgehead atoms. The number of carbonyl (C=O) groups is 1. The molecule has 0 saturated carbocycles. The van der Waals surface area contributed by atoms with Crippen LogP contribution < -0.4 is 4.74 Å². The summed E-state index contributed by atoms with van der Waals surface area (Å²) < 4.78 is 47.7. The van der Waals surface area contributed by atoms with Crippen LogP contribution in [0.2, 0.25) is 0 Å². The first-order chi connectivity index (χ1) is 19.0. The molecule has 40 heavy (non-hydrogen) atoms. The Hall–Kier alpha value is -3.32. The fourth-order valence-corrected chi connectivity index (χ4v) is 6.45. The first kappa shape index (κ1) is 28.2. The van der Waals surface area contributed by atoms with E-state index in [1.165, 1.54) is 4.31 Å². The third-order valence-corrected chi connectivity index (χ3v) is 9.29. The molecule has 1 N–H and O–H groups in total. The largest absolute Gasteiger partial charge is 0.488 e. The monoisotopic (exact) mass is 570 g/mol. The molecule has 2 aliphatic heterocycles. The van der Waals surface area contributed by atoms with E-state index in [9.17, 15) is 18.3 Å². The van der Waals surface area contributed by atoms with Crippen molar-refractivity contribution in [2.24, 2.45) is 5.41 Å². The molecule has 214 valence electrons. The predicted octanol–water partition coefficient (Wildman–Crippen LogP) is 3.50. The average molecular weight is 571 g/mol. The maximum Gasteiger partial charge on any atom is 0.312 e. The highest BCUT2D eigenvalue weighted by Gasteiger charge is 2.40. The molecule has 3 heterocycles. The summed E-state index contributed by atoms with van der Waals surface area (Å²) in [4.78, 5) is 12.4. The topological polar surface area (TPSA) is 133 Å². The average Bonchev–Trinajstić information content (AvgIpc) is 3.28. The van der Waals surface area contributed by atoms with E-state index < -0.39 is 27.5 Å². The number of ether oxygens (including phenoxy) is 3. The number of para-hydroxylation sites is 1. The van der Waals surface area contributed by atoms with Gasteiger partial charge in [0.15, 0.2) is 0 Å². The molecular weight excluding hydrogens is 536 g/mol. The normalized spacial score (nSPS) is 20.1. The second-order valence-corrected chi connectivity index (χ2v) is 12.9. The molecule has 0 spiro atoms. The number of rotatable bonds is 9. The van der Waals surface area contributed by atoms with Crippen LogP contribution in [0.15, 0.2) is 53.6 Å². The van der Waals surface area contributed by atoms with Crippen molar-refractivity contribution < 1.29 is 32.5 Å². The highest BCUT2D eigenvalue weighted by molar-refractivity contribution is 7.89. The number of carboxylic acid groups (broad SMARTS) is 1. The lowest BCUT2D eigenvalue weighted by molar-refractivity contribution is -0.158. The number of aromatic nitrogens is 3. The molecule has 2 atom stereocenters. The lowest BCUT2D eigenvalue weighted by atomic mass is 9.81. The van der Waals surface area contributed by atoms with Crippen molar-refractivity contribution in [1.29, 1.82) is 0 Å². The molecule has 1 saturated heterocycles. The van der Waals surface area contributed by atoms with Crippen LogP contribution in [0, 0.1) is 12.3 Å². The van der Waals surface area contributed by atoms with Gasteiger partial charge in [-0.25, -0.2) is 13.1 Å². The number of sulfonamides is 1. The van der Waals surface area contributed by atoms with E-state index in [1.54, 1.807) is 49.0 Å². The molecule has 12 heteroatoms. The Bertz CT molecular complexity index is 1500. The maximum absolute atomic E-state index is 13.6. The van der Waals surface area contributed by atoms with Gasteiger partial charge in [0.2, 0.25) is 10.0 Å². The predicted molar refractivity (Wildman–Crippen MR) is 144 cm³/mol. The van der Waals surface area contributed by atoms with Crippen molar-refractivity contribution in [2.75, 3.05) is 19.8 Å². The van der Waals surface area contributed by atoms with Gasteiger partial charge in [0.25, 0.3) is 0 Å². The first-order valence-electron chi connectivity index (χ1n) is 13.2. The van der Waals surface area contributed by atoms with Gasteiger partial charge in [0.1, 0.15) is 28.5 Å². The number of benzene rings is 2. The fourth-order valence-electron chi connectivity index (χ4n) is 4.84. The summed E-state index contributed by atoms with van der Waals surface area (Å²) in [5.74, 6) is -0.686. The minimum absolute atomic E-state index is 0.0598. The highest BCUT2D eigenvalue weighted by Crippen LogP contribution is 2.39. The summed E-state index contributed by atoms with van der Waals surface area (Å²) in [5, 5.41) is 18.4. The molecule has 1 unspecified atom stereocenters. The van der Waals surface area contributed by atoms with Crippen LogP contribution in [0.25, 0.3) is 0 Å². The van der Waals surface area contributed by atoms with Crippen LogP contribution in [0.4, 0.5) is 0 Å². The number of fused-ring (bicyclic) bond motifs is 1. The van der Waals surface area contributed by atoms with E-state index in [1.807, 2.05) is 32.0 Å². The number of carboxylic acids is 1. The number of aliphatic carboxylic acids is 1. The van der Waals surface area contributed by atoms with Gasteiger partial charge in [0.05, 0.1) is 44.1 Å². The van der Waals surface area contributed by atoms with Crippen LogP contribution in [-0.4, -0.2) is 64.7 Å². The van der Waals surface area contributed by atoms with Crippen LogP contribution in [0.5, 0.6) is 5.75 Å². The van der Waals surface area contributed by atoms with Gasteiger partial charge in [-0.15, -0.1) is 5.10 Å². The quantitative estimate of drug-likeness (QED) is 0.410. The molecule has 2 aromatic carbocycles. The molecule has 5 rings (SSSR count). The first-order valence-corrected chi connectivity index (χ1v) is 14.6. The van der Waals surface area contributed by atoms with E-state index in [4.69, 9.17) is 14.2 Å². The zero-order valence-corrected chi connectivity index (χ0v) is 23.8. The Morgan fingerprint density at radius 3 is 2.67 bits per heavy atom. The fraction of sp³-hybridized carbons (Fsp3) is 0.464. The number of nitrogens with zero attached hydrogens (tertiary/aromatic N) is 4. The Morgan fingerprint density at radius 1 is 1.23 bits per heavy atom. The molecule has 0 radical (unpaired) electrons. The lowest BCUT2D eigenvalue weighted by Crippen LogP contribution is -2.36. The van der Waals surface area contributed by atoms with E-state index in [0.29, 0.717) is 30.2 Å². The van der Waals surface area contributed by atoms with Crippen molar-refractivity contribution in [3.8, 4) is 5.75 Å². The second kappa shape index (κ2) is 10.9. The van der Waals surface area contributed by atoms with Gasteiger partial charge in [-0.1, -0.05) is 35.5 Å². The SMILES string of the molecule is Cc1ccc(C(OCc2cn(C3COC3)nn2)C(C)(C)C(=O)O)cc1CN1C[C@@H](C)Oc2ccccc2S1(=O)=O. The summed E-state index contributed by atoms with van der Waals surface area (Å²) in [6.45, 7) is 8.44. The number of aryl methyl sites for hydroxylation is 1. The summed E-state index contributed by atoms with van der Waals surface area (Å²) in [5.41, 5.74) is 1.54. The van der Waals surface area contributed by atoms with Gasteiger partial charge >= 0.3 is 5.97 Å². The highest BCUT2D eigenvalue weighted by atomic mass is 32.2. The Labute approximate surface area is 233 Å². The third kappa shape index (κ3) is 5.49. The lowest BCUT2D eigenvalue weighted by Gasteiger charge is -2.31. The maximum atomic E-state index is 13.6. The molecule has 1 aromatic heterocycles.